The second kappa shape index (κ2) is 17.6. The summed E-state index contributed by atoms with van der Waals surface area (Å²) in [6, 6.07) is -7.71. The molecule has 304 valence electrons. The fourth-order valence-electron chi connectivity index (χ4n) is 9.25. The lowest BCUT2D eigenvalue weighted by Crippen LogP contribution is -2.60. The summed E-state index contributed by atoms with van der Waals surface area (Å²) in [6.45, 7) is 0.483. The van der Waals surface area contributed by atoms with Crippen LogP contribution in [0.3, 0.4) is 0 Å². The smallest absolute Gasteiger partial charge is 0.326 e. The fraction of sp³-hybridized carbons (Fsp3) is 0.778. The standard InChI is InChI=1S/C36H54N8O11/c45-19-22(38-29(47)21-7-1-13-37-21)31(49)41-15-3-9-25(41)33(51)40-14-2-8-24(40)30(48)39-23(20-46)32(50)42-16-4-10-26(42)34(52)43-17-5-11-27(43)35(53)44-18-6-12-28(44)36(54)55/h21-28,37,45-46H,1-20H2,(H,38,47)(H,39,48)(H,54,55)/t21-,22-,23-,24-,25-,26-,27-,28-/m0/s1. The van der Waals surface area contributed by atoms with E-state index in [-0.39, 0.29) is 32.6 Å². The first-order valence-electron chi connectivity index (χ1n) is 19.8. The molecule has 6 N–H and O–H groups in total. The third kappa shape index (κ3) is 8.28. The van der Waals surface area contributed by atoms with Crippen LogP contribution in [0.5, 0.6) is 0 Å². The van der Waals surface area contributed by atoms with Gasteiger partial charge in [-0.2, -0.15) is 0 Å². The van der Waals surface area contributed by atoms with E-state index in [2.05, 4.69) is 16.0 Å². The highest BCUT2D eigenvalue weighted by molar-refractivity contribution is 5.98. The van der Waals surface area contributed by atoms with Crippen LogP contribution in [0.1, 0.15) is 77.0 Å². The number of aliphatic hydroxyl groups is 2. The quantitative estimate of drug-likeness (QED) is 0.114. The molecule has 19 nitrogen and oxygen atoms in total. The van der Waals surface area contributed by atoms with Gasteiger partial charge < -0.3 is 55.8 Å². The summed E-state index contributed by atoms with van der Waals surface area (Å²) in [5.74, 6) is -4.71. The SMILES string of the molecule is O=C(N[C@@H](CO)C(=O)N1CCC[C@H]1C(=O)N1CCC[C@H]1C(=O)N[C@@H](CO)C(=O)N1CCC[C@H]1C(=O)N1CCC[C@H]1C(=O)N1CCC[C@H]1C(=O)O)[C@@H]1CCCN1. The minimum absolute atomic E-state index is 0.188. The predicted molar refractivity (Wildman–Crippen MR) is 190 cm³/mol. The van der Waals surface area contributed by atoms with Gasteiger partial charge in [-0.25, -0.2) is 4.79 Å². The van der Waals surface area contributed by atoms with E-state index < -0.39 is 109 Å². The molecule has 0 bridgehead atoms. The Hall–Kier alpha value is -4.36. The monoisotopic (exact) mass is 774 g/mol. The van der Waals surface area contributed by atoms with Crippen LogP contribution in [0.4, 0.5) is 0 Å². The van der Waals surface area contributed by atoms with Crippen molar-refractivity contribution in [3.63, 3.8) is 0 Å². The van der Waals surface area contributed by atoms with E-state index >= 15 is 0 Å². The number of carboxylic acids is 1. The first kappa shape index (κ1) is 40.3. The molecule has 6 heterocycles. The first-order chi connectivity index (χ1) is 26.5. The predicted octanol–water partition coefficient (Wildman–Crippen LogP) is -3.27. The van der Waals surface area contributed by atoms with Crippen molar-refractivity contribution in [3.05, 3.63) is 0 Å². The average molecular weight is 775 g/mol. The zero-order valence-electron chi connectivity index (χ0n) is 31.1. The maximum atomic E-state index is 13.9. The van der Waals surface area contributed by atoms with E-state index in [1.165, 1.54) is 24.5 Å². The average Bonchev–Trinajstić information content (AvgIpc) is 4.04. The van der Waals surface area contributed by atoms with Crippen molar-refractivity contribution in [1.29, 1.82) is 0 Å². The molecule has 0 aromatic heterocycles. The molecule has 0 spiro atoms. The molecule has 6 aliphatic heterocycles. The van der Waals surface area contributed by atoms with Gasteiger partial charge in [-0.05, 0) is 83.6 Å². The third-order valence-corrected chi connectivity index (χ3v) is 12.1. The van der Waals surface area contributed by atoms with Gasteiger partial charge in [-0.1, -0.05) is 0 Å². The van der Waals surface area contributed by atoms with Gasteiger partial charge in [-0.15, -0.1) is 0 Å². The van der Waals surface area contributed by atoms with E-state index in [0.29, 0.717) is 77.3 Å². The minimum atomic E-state index is -1.41. The molecule has 0 radical (unpaired) electrons. The topological polar surface area (TPSA) is 250 Å². The summed E-state index contributed by atoms with van der Waals surface area (Å²) < 4.78 is 0. The molecule has 0 aromatic carbocycles. The molecular formula is C36H54N8O11. The highest BCUT2D eigenvalue weighted by Crippen LogP contribution is 2.30. The molecule has 6 aliphatic rings. The molecule has 8 atom stereocenters. The molecule has 6 saturated heterocycles. The lowest BCUT2D eigenvalue weighted by molar-refractivity contribution is -0.154. The minimum Gasteiger partial charge on any atom is -0.480 e. The lowest BCUT2D eigenvalue weighted by Gasteiger charge is -2.35. The number of aliphatic carboxylic acids is 1. The zero-order valence-corrected chi connectivity index (χ0v) is 31.1. The van der Waals surface area contributed by atoms with Crippen LogP contribution in [0, 0.1) is 0 Å². The maximum Gasteiger partial charge on any atom is 0.326 e. The Balaban J connectivity index is 1.07. The molecule has 0 unspecified atom stereocenters. The van der Waals surface area contributed by atoms with Gasteiger partial charge >= 0.3 is 5.97 Å². The molecule has 0 aromatic rings. The Morgan fingerprint density at radius 1 is 0.509 bits per heavy atom. The molecule has 0 saturated carbocycles. The number of aliphatic hydroxyl groups excluding tert-OH is 2. The van der Waals surface area contributed by atoms with E-state index in [1.807, 2.05) is 0 Å². The number of hydrogen-bond donors (Lipinski definition) is 6. The number of likely N-dealkylation sites (tertiary alicyclic amines) is 5. The van der Waals surface area contributed by atoms with Crippen molar-refractivity contribution in [2.24, 2.45) is 0 Å². The number of nitrogens with zero attached hydrogens (tertiary/aromatic N) is 5. The number of carboxylic acid groups (broad SMARTS) is 1. The summed E-state index contributed by atoms with van der Waals surface area (Å²) in [5, 5.41) is 38.2. The van der Waals surface area contributed by atoms with Crippen molar-refractivity contribution in [1.82, 2.24) is 40.4 Å². The summed E-state index contributed by atoms with van der Waals surface area (Å²) in [7, 11) is 0. The van der Waals surface area contributed by atoms with Gasteiger partial charge in [0.1, 0.15) is 42.3 Å². The van der Waals surface area contributed by atoms with Crippen LogP contribution < -0.4 is 16.0 Å². The third-order valence-electron chi connectivity index (χ3n) is 12.1. The lowest BCUT2D eigenvalue weighted by atomic mass is 10.1. The van der Waals surface area contributed by atoms with E-state index in [4.69, 9.17) is 0 Å². The molecule has 6 rings (SSSR count). The van der Waals surface area contributed by atoms with Gasteiger partial charge in [0.25, 0.3) is 0 Å². The van der Waals surface area contributed by atoms with E-state index in [1.54, 1.807) is 0 Å². The van der Waals surface area contributed by atoms with E-state index in [0.717, 1.165) is 6.42 Å². The summed E-state index contributed by atoms with van der Waals surface area (Å²) in [4.78, 5) is 114. The number of amides is 7. The van der Waals surface area contributed by atoms with Gasteiger partial charge in [0.15, 0.2) is 0 Å². The maximum absolute atomic E-state index is 13.9. The Morgan fingerprint density at radius 3 is 1.33 bits per heavy atom. The van der Waals surface area contributed by atoms with Crippen molar-refractivity contribution in [2.45, 2.75) is 125 Å². The van der Waals surface area contributed by atoms with Gasteiger partial charge in [0.05, 0.1) is 19.3 Å². The zero-order chi connectivity index (χ0) is 39.4. The highest BCUT2D eigenvalue weighted by Gasteiger charge is 2.48. The number of hydrogen-bond acceptors (Lipinski definition) is 11. The van der Waals surface area contributed by atoms with Gasteiger partial charge in [-0.3, -0.25) is 33.6 Å². The molecule has 19 heteroatoms. The van der Waals surface area contributed by atoms with E-state index in [9.17, 15) is 53.7 Å². The van der Waals surface area contributed by atoms with Crippen LogP contribution in [0.2, 0.25) is 0 Å². The van der Waals surface area contributed by atoms with Gasteiger partial charge in [0, 0.05) is 32.7 Å². The molecule has 6 fully saturated rings. The summed E-state index contributed by atoms with van der Waals surface area (Å²) in [5.41, 5.74) is 0. The van der Waals surface area contributed by atoms with Crippen LogP contribution >= 0.6 is 0 Å². The largest absolute Gasteiger partial charge is 0.480 e. The van der Waals surface area contributed by atoms with Crippen molar-refractivity contribution < 1.29 is 53.7 Å². The second-order valence-electron chi connectivity index (χ2n) is 15.4. The van der Waals surface area contributed by atoms with Crippen LogP contribution in [0.25, 0.3) is 0 Å². The first-order valence-corrected chi connectivity index (χ1v) is 19.8. The number of nitrogens with one attached hydrogen (secondary N) is 3. The Morgan fingerprint density at radius 2 is 0.891 bits per heavy atom. The Labute approximate surface area is 319 Å². The van der Waals surface area contributed by atoms with Crippen molar-refractivity contribution in [2.75, 3.05) is 52.5 Å². The van der Waals surface area contributed by atoms with Crippen molar-refractivity contribution in [3.8, 4) is 0 Å². The Kier molecular flexibility index (Phi) is 12.9. The normalized spacial score (nSPS) is 29.1. The number of carbonyl (C=O) groups is 8. The fourth-order valence-corrected chi connectivity index (χ4v) is 9.25. The number of carbonyl (C=O) groups excluding carboxylic acids is 7. The highest BCUT2D eigenvalue weighted by atomic mass is 16.4. The molecule has 7 amide bonds. The van der Waals surface area contributed by atoms with Crippen molar-refractivity contribution >= 4 is 47.3 Å². The van der Waals surface area contributed by atoms with Gasteiger partial charge in [0.2, 0.25) is 41.4 Å². The van der Waals surface area contributed by atoms with Crippen LogP contribution in [-0.2, 0) is 38.4 Å². The molecule has 0 aliphatic carbocycles. The second-order valence-corrected chi connectivity index (χ2v) is 15.4. The summed E-state index contributed by atoms with van der Waals surface area (Å²) in [6.07, 6.45) is 5.64. The summed E-state index contributed by atoms with van der Waals surface area (Å²) >= 11 is 0. The van der Waals surface area contributed by atoms with Crippen LogP contribution in [-0.4, -0.2) is 188 Å². The Bertz CT molecular complexity index is 1520. The number of rotatable bonds is 12. The molecule has 55 heavy (non-hydrogen) atoms. The molecular weight excluding hydrogens is 720 g/mol. The van der Waals surface area contributed by atoms with Crippen LogP contribution in [0.15, 0.2) is 0 Å².